The van der Waals surface area contributed by atoms with Gasteiger partial charge in [0.2, 0.25) is 0 Å². The van der Waals surface area contributed by atoms with Crippen LogP contribution in [0.4, 0.5) is 0 Å². The highest BCUT2D eigenvalue weighted by Crippen LogP contribution is 2.29. The summed E-state index contributed by atoms with van der Waals surface area (Å²) in [6.07, 6.45) is 0. The van der Waals surface area contributed by atoms with E-state index in [0.29, 0.717) is 5.56 Å². The summed E-state index contributed by atoms with van der Waals surface area (Å²) in [5.41, 5.74) is 2.23. The van der Waals surface area contributed by atoms with Gasteiger partial charge in [-0.3, -0.25) is 0 Å². The molecule has 2 aliphatic rings. The molecule has 0 aromatic rings. The Bertz CT molecular complexity index is 552. The molecule has 3 nitrogen and oxygen atoms in total. The molecule has 0 aromatic carbocycles. The fourth-order valence-electron chi connectivity index (χ4n) is 1.94. The largest absolute Gasteiger partial charge is 0.465 e. The van der Waals surface area contributed by atoms with Crippen molar-refractivity contribution in [2.45, 2.75) is 19.4 Å². The second kappa shape index (κ2) is 4.42. The van der Waals surface area contributed by atoms with Gasteiger partial charge in [0, 0.05) is 0 Å². The molecular weight excluding hydrogens is 228 g/mol. The van der Waals surface area contributed by atoms with Crippen LogP contribution in [0.1, 0.15) is 29.8 Å². The maximum absolute atomic E-state index is 11.6. The number of rotatable bonds is 2. The second-order valence-electron chi connectivity index (χ2n) is 4.79. The number of carbonyl (C=O) groups excluding carboxylic acids is 1. The zero-order valence-corrected chi connectivity index (χ0v) is 10.7. The lowest BCUT2D eigenvalue weighted by Crippen LogP contribution is -2.14. The number of methoxy groups -OCH3 is 1. The van der Waals surface area contributed by atoms with Crippen molar-refractivity contribution < 1.29 is 14.6 Å². The number of fused-ring (bicyclic) bond motifs is 1. The first-order valence-corrected chi connectivity index (χ1v) is 5.77. The van der Waals surface area contributed by atoms with Crippen molar-refractivity contribution in [3.8, 4) is 11.1 Å². The molecule has 18 heavy (non-hydrogen) atoms. The normalized spacial score (nSPS) is 11.6. The Hall–Kier alpha value is -1.87. The first kappa shape index (κ1) is 12.6. The maximum Gasteiger partial charge on any atom is 0.338 e. The molecule has 0 radical (unpaired) electrons. The molecule has 0 aromatic heterocycles. The predicted molar refractivity (Wildman–Crippen MR) is 69.6 cm³/mol. The van der Waals surface area contributed by atoms with E-state index in [-0.39, 0.29) is 5.97 Å². The topological polar surface area (TPSA) is 46.5 Å². The number of esters is 1. The summed E-state index contributed by atoms with van der Waals surface area (Å²) < 4.78 is 4.74. The molecule has 94 valence electrons. The molecule has 0 fully saturated rings. The van der Waals surface area contributed by atoms with Crippen LogP contribution in [-0.2, 0) is 10.3 Å². The molecule has 0 amide bonds. The third kappa shape index (κ3) is 2.22. The van der Waals surface area contributed by atoms with Gasteiger partial charge in [0.05, 0.1) is 18.3 Å². The van der Waals surface area contributed by atoms with Crippen LogP contribution in [0.25, 0.3) is 11.1 Å². The summed E-state index contributed by atoms with van der Waals surface area (Å²) in [4.78, 5) is 11.6. The molecule has 0 bridgehead atoms. The number of hydrogen-bond donors (Lipinski definition) is 1. The monoisotopic (exact) mass is 244 g/mol. The second-order valence-corrected chi connectivity index (χ2v) is 4.79. The van der Waals surface area contributed by atoms with Crippen LogP contribution in [-0.4, -0.2) is 18.2 Å². The maximum atomic E-state index is 11.6. The molecule has 0 unspecified atom stereocenters. The number of aliphatic hydroxyl groups is 1. The van der Waals surface area contributed by atoms with Crippen molar-refractivity contribution in [2.24, 2.45) is 0 Å². The summed E-state index contributed by atoms with van der Waals surface area (Å²) in [6.45, 7) is 3.46. The molecule has 0 atom stereocenters. The molecular formula is C15H16O3. The van der Waals surface area contributed by atoms with Crippen LogP contribution in [0.15, 0.2) is 36.4 Å². The van der Waals surface area contributed by atoms with Gasteiger partial charge in [-0.1, -0.05) is 30.3 Å². The summed E-state index contributed by atoms with van der Waals surface area (Å²) in [5, 5.41) is 9.98. The van der Waals surface area contributed by atoms with Crippen LogP contribution in [0.2, 0.25) is 0 Å². The van der Waals surface area contributed by atoms with E-state index in [1.165, 1.54) is 7.11 Å². The number of carbonyl (C=O) groups is 1. The van der Waals surface area contributed by atoms with Crippen LogP contribution in [0.3, 0.4) is 0 Å². The summed E-state index contributed by atoms with van der Waals surface area (Å²) >= 11 is 0. The number of ether oxygens (including phenoxy) is 1. The third-order valence-corrected chi connectivity index (χ3v) is 3.01. The first-order valence-electron chi connectivity index (χ1n) is 5.77. The van der Waals surface area contributed by atoms with Crippen molar-refractivity contribution in [2.75, 3.05) is 7.11 Å². The van der Waals surface area contributed by atoms with Gasteiger partial charge < -0.3 is 9.84 Å². The van der Waals surface area contributed by atoms with Crippen molar-refractivity contribution in [1.29, 1.82) is 0 Å². The van der Waals surface area contributed by atoms with E-state index in [9.17, 15) is 9.90 Å². The van der Waals surface area contributed by atoms with Gasteiger partial charge in [-0.15, -0.1) is 0 Å². The molecule has 0 saturated heterocycles. The van der Waals surface area contributed by atoms with Crippen molar-refractivity contribution >= 4 is 5.97 Å². The van der Waals surface area contributed by atoms with E-state index in [1.807, 2.05) is 30.3 Å². The first-order chi connectivity index (χ1) is 8.43. The van der Waals surface area contributed by atoms with Gasteiger partial charge >= 0.3 is 5.97 Å². The third-order valence-electron chi connectivity index (χ3n) is 3.01. The van der Waals surface area contributed by atoms with E-state index in [4.69, 9.17) is 4.74 Å². The Morgan fingerprint density at radius 3 is 2.33 bits per heavy atom. The Morgan fingerprint density at radius 2 is 1.72 bits per heavy atom. The lowest BCUT2D eigenvalue weighted by atomic mass is 10.0. The van der Waals surface area contributed by atoms with Crippen molar-refractivity contribution in [1.82, 2.24) is 0 Å². The summed E-state index contributed by atoms with van der Waals surface area (Å²) in [7, 11) is 1.37. The Labute approximate surface area is 106 Å². The average molecular weight is 244 g/mol. The predicted octanol–water partition coefficient (Wildman–Crippen LogP) is 2.81. The SMILES string of the molecule is COC(=O)c1ccc2ccc(C(C)(C)O)ccc1-2. The van der Waals surface area contributed by atoms with Crippen LogP contribution < -0.4 is 0 Å². The van der Waals surface area contributed by atoms with Gasteiger partial charge in [-0.05, 0) is 36.6 Å². The molecule has 0 aliphatic heterocycles. The van der Waals surface area contributed by atoms with Crippen LogP contribution >= 0.6 is 0 Å². The van der Waals surface area contributed by atoms with Crippen molar-refractivity contribution in [3.05, 3.63) is 47.5 Å². The highest BCUT2D eigenvalue weighted by atomic mass is 16.5. The zero-order valence-electron chi connectivity index (χ0n) is 10.7. The standard InChI is InChI=1S/C15H16O3/c1-15(2,17)11-6-4-10-5-8-13(14(16)18-3)12(10)9-7-11/h4-9,17H,1-3H3. The number of hydrogen-bond acceptors (Lipinski definition) is 3. The van der Waals surface area contributed by atoms with E-state index in [2.05, 4.69) is 0 Å². The minimum Gasteiger partial charge on any atom is -0.465 e. The Kier molecular flexibility index (Phi) is 3.09. The molecule has 0 heterocycles. The smallest absolute Gasteiger partial charge is 0.338 e. The highest BCUT2D eigenvalue weighted by molar-refractivity contribution is 5.98. The summed E-state index contributed by atoms with van der Waals surface area (Å²) in [5.74, 6) is -0.346. The minimum absolute atomic E-state index is 0.346. The van der Waals surface area contributed by atoms with Gasteiger partial charge in [-0.2, -0.15) is 0 Å². The van der Waals surface area contributed by atoms with E-state index < -0.39 is 5.60 Å². The van der Waals surface area contributed by atoms with E-state index in [1.54, 1.807) is 19.9 Å². The quantitative estimate of drug-likeness (QED) is 0.826. The van der Waals surface area contributed by atoms with Crippen LogP contribution in [0.5, 0.6) is 0 Å². The average Bonchev–Trinajstić information content (AvgIpc) is 2.57. The molecule has 2 aliphatic carbocycles. The highest BCUT2D eigenvalue weighted by Gasteiger charge is 2.18. The Morgan fingerprint density at radius 1 is 1.11 bits per heavy atom. The van der Waals surface area contributed by atoms with Gasteiger partial charge in [0.15, 0.2) is 0 Å². The summed E-state index contributed by atoms with van der Waals surface area (Å²) in [6, 6.07) is 11.1. The lowest BCUT2D eigenvalue weighted by Gasteiger charge is -2.15. The van der Waals surface area contributed by atoms with Gasteiger partial charge in [0.25, 0.3) is 0 Å². The molecule has 0 spiro atoms. The fourth-order valence-corrected chi connectivity index (χ4v) is 1.94. The van der Waals surface area contributed by atoms with E-state index in [0.717, 1.165) is 16.7 Å². The van der Waals surface area contributed by atoms with Gasteiger partial charge in [0.1, 0.15) is 0 Å². The Balaban J connectivity index is 2.56. The van der Waals surface area contributed by atoms with Crippen LogP contribution in [0, 0.1) is 0 Å². The van der Waals surface area contributed by atoms with Crippen molar-refractivity contribution in [3.63, 3.8) is 0 Å². The molecule has 1 N–H and O–H groups in total. The van der Waals surface area contributed by atoms with Gasteiger partial charge in [-0.25, -0.2) is 4.79 Å². The lowest BCUT2D eigenvalue weighted by molar-refractivity contribution is 0.0602. The zero-order chi connectivity index (χ0) is 13.3. The fraction of sp³-hybridized carbons (Fsp3) is 0.267. The molecule has 2 rings (SSSR count). The van der Waals surface area contributed by atoms with E-state index >= 15 is 0 Å². The molecule has 3 heteroatoms. The molecule has 0 saturated carbocycles. The minimum atomic E-state index is -0.901.